The first-order chi connectivity index (χ1) is 11.1. The maximum Gasteiger partial charge on any atom is 0.326 e. The number of ether oxygens (including phenoxy) is 2. The number of aromatic nitrogens is 2. The highest BCUT2D eigenvalue weighted by molar-refractivity contribution is 5.79. The normalized spacial score (nSPS) is 11.8. The van der Waals surface area contributed by atoms with Gasteiger partial charge in [0.15, 0.2) is 0 Å². The van der Waals surface area contributed by atoms with Crippen LogP contribution < -0.4 is 10.3 Å². The van der Waals surface area contributed by atoms with Crippen LogP contribution in [-0.2, 0) is 16.1 Å². The molecule has 1 aromatic heterocycles. The van der Waals surface area contributed by atoms with Gasteiger partial charge in [0.1, 0.15) is 23.6 Å². The largest absolute Gasteiger partial charge is 0.497 e. The van der Waals surface area contributed by atoms with Crippen molar-refractivity contribution in [2.75, 3.05) is 7.11 Å². The third kappa shape index (κ3) is 3.93. The summed E-state index contributed by atoms with van der Waals surface area (Å²) in [5, 5.41) is 0. The van der Waals surface area contributed by atoms with E-state index in [0.717, 1.165) is 0 Å². The maximum atomic E-state index is 12.8. The molecule has 1 heterocycles. The van der Waals surface area contributed by atoms with Crippen molar-refractivity contribution < 1.29 is 14.3 Å². The summed E-state index contributed by atoms with van der Waals surface area (Å²) < 4.78 is 12.0. The van der Waals surface area contributed by atoms with Gasteiger partial charge in [-0.3, -0.25) is 14.2 Å². The van der Waals surface area contributed by atoms with Gasteiger partial charge in [0.2, 0.25) is 0 Å². The topological polar surface area (TPSA) is 70.4 Å². The lowest BCUT2D eigenvalue weighted by Crippen LogP contribution is -2.33. The highest BCUT2D eigenvalue weighted by Crippen LogP contribution is 2.20. The summed E-state index contributed by atoms with van der Waals surface area (Å²) in [6, 6.07) is 5.27. The second-order valence-electron chi connectivity index (χ2n) is 6.98. The maximum absolute atomic E-state index is 12.8. The predicted molar refractivity (Wildman–Crippen MR) is 92.5 cm³/mol. The van der Waals surface area contributed by atoms with Crippen LogP contribution >= 0.6 is 0 Å². The molecule has 2 rings (SSSR count). The Balaban J connectivity index is 2.61. The molecule has 0 bridgehead atoms. The van der Waals surface area contributed by atoms with Crippen LogP contribution in [0.5, 0.6) is 5.75 Å². The molecule has 2 aromatic rings. The van der Waals surface area contributed by atoms with Crippen LogP contribution in [0.4, 0.5) is 0 Å². The third-order valence-corrected chi connectivity index (χ3v) is 3.43. The molecule has 1 aromatic carbocycles. The molecule has 0 saturated heterocycles. The molecule has 0 aliphatic heterocycles. The van der Waals surface area contributed by atoms with E-state index in [9.17, 15) is 9.59 Å². The first-order valence-corrected chi connectivity index (χ1v) is 7.92. The van der Waals surface area contributed by atoms with E-state index in [1.54, 1.807) is 46.1 Å². The lowest BCUT2D eigenvalue weighted by molar-refractivity contribution is -0.155. The van der Waals surface area contributed by atoms with Gasteiger partial charge in [-0.25, -0.2) is 4.98 Å². The van der Waals surface area contributed by atoms with Crippen molar-refractivity contribution >= 4 is 17.0 Å². The second kappa shape index (κ2) is 6.63. The van der Waals surface area contributed by atoms with Crippen molar-refractivity contribution in [1.82, 2.24) is 9.55 Å². The van der Waals surface area contributed by atoms with Crippen LogP contribution in [0.1, 0.15) is 46.2 Å². The van der Waals surface area contributed by atoms with Gasteiger partial charge in [0, 0.05) is 12.0 Å². The van der Waals surface area contributed by atoms with Gasteiger partial charge in [-0.2, -0.15) is 0 Å². The average molecular weight is 332 g/mol. The Bertz CT molecular complexity index is 816. The number of nitrogens with zero attached hydrogens (tertiary/aromatic N) is 2. The zero-order valence-electron chi connectivity index (χ0n) is 15.0. The summed E-state index contributed by atoms with van der Waals surface area (Å²) in [5.74, 6) is 0.0856. The van der Waals surface area contributed by atoms with Gasteiger partial charge in [-0.15, -0.1) is 0 Å². The molecule has 0 N–H and O–H groups in total. The lowest BCUT2D eigenvalue weighted by atomic mass is 10.1. The molecule has 0 saturated carbocycles. The summed E-state index contributed by atoms with van der Waals surface area (Å²) in [4.78, 5) is 29.5. The quantitative estimate of drug-likeness (QED) is 0.805. The van der Waals surface area contributed by atoms with E-state index < -0.39 is 11.6 Å². The summed E-state index contributed by atoms with van der Waals surface area (Å²) in [6.45, 7) is 9.01. The van der Waals surface area contributed by atoms with Crippen LogP contribution in [0.3, 0.4) is 0 Å². The molecular weight excluding hydrogens is 308 g/mol. The van der Waals surface area contributed by atoms with Crippen molar-refractivity contribution in [3.05, 3.63) is 34.2 Å². The number of hydrogen-bond donors (Lipinski definition) is 0. The molecule has 0 amide bonds. The smallest absolute Gasteiger partial charge is 0.326 e. The summed E-state index contributed by atoms with van der Waals surface area (Å²) in [5.41, 5.74) is 0.729. The molecule has 0 atom stereocenters. The fourth-order valence-electron chi connectivity index (χ4n) is 2.40. The van der Waals surface area contributed by atoms with Crippen molar-refractivity contribution in [2.45, 2.75) is 52.7 Å². The van der Waals surface area contributed by atoms with Crippen molar-refractivity contribution in [2.24, 2.45) is 0 Å². The Labute approximate surface area is 141 Å². The Morgan fingerprint density at radius 3 is 2.50 bits per heavy atom. The van der Waals surface area contributed by atoms with E-state index in [1.807, 2.05) is 13.8 Å². The van der Waals surface area contributed by atoms with Gasteiger partial charge in [0.05, 0.1) is 18.1 Å². The van der Waals surface area contributed by atoms with E-state index in [1.165, 1.54) is 4.57 Å². The van der Waals surface area contributed by atoms with Crippen molar-refractivity contribution in [1.29, 1.82) is 0 Å². The van der Waals surface area contributed by atoms with E-state index in [4.69, 9.17) is 9.47 Å². The molecule has 0 aliphatic carbocycles. The molecule has 24 heavy (non-hydrogen) atoms. The van der Waals surface area contributed by atoms with E-state index >= 15 is 0 Å². The van der Waals surface area contributed by atoms with Crippen LogP contribution in [0.15, 0.2) is 23.0 Å². The number of esters is 1. The molecule has 0 spiro atoms. The Morgan fingerprint density at radius 2 is 1.96 bits per heavy atom. The molecule has 0 unspecified atom stereocenters. The summed E-state index contributed by atoms with van der Waals surface area (Å²) >= 11 is 0. The SMILES string of the molecule is COc1ccc2nc(C(C)C)c(=O)n(CC(=O)OC(C)(C)C)c2c1. The van der Waals surface area contributed by atoms with Crippen molar-refractivity contribution in [3.63, 3.8) is 0 Å². The fraction of sp³-hybridized carbons (Fsp3) is 0.500. The van der Waals surface area contributed by atoms with Gasteiger partial charge in [-0.05, 0) is 32.9 Å². The summed E-state index contributed by atoms with van der Waals surface area (Å²) in [6.07, 6.45) is 0. The zero-order valence-corrected chi connectivity index (χ0v) is 15.0. The number of carbonyl (C=O) groups excluding carboxylic acids is 1. The third-order valence-electron chi connectivity index (χ3n) is 3.43. The number of rotatable bonds is 4. The van der Waals surface area contributed by atoms with Gasteiger partial charge < -0.3 is 9.47 Å². The first kappa shape index (κ1) is 18.0. The Hall–Kier alpha value is -2.37. The molecule has 0 radical (unpaired) electrons. The average Bonchev–Trinajstić information content (AvgIpc) is 2.47. The zero-order chi connectivity index (χ0) is 18.1. The van der Waals surface area contributed by atoms with Crippen LogP contribution in [0.25, 0.3) is 11.0 Å². The van der Waals surface area contributed by atoms with Gasteiger partial charge in [0.25, 0.3) is 5.56 Å². The number of methoxy groups -OCH3 is 1. The highest BCUT2D eigenvalue weighted by Gasteiger charge is 2.20. The van der Waals surface area contributed by atoms with Crippen LogP contribution in [0.2, 0.25) is 0 Å². The van der Waals surface area contributed by atoms with Crippen LogP contribution in [0, 0.1) is 0 Å². The minimum absolute atomic E-state index is 0.0473. The van der Waals surface area contributed by atoms with Gasteiger partial charge in [-0.1, -0.05) is 13.8 Å². The second-order valence-corrected chi connectivity index (χ2v) is 6.98. The van der Waals surface area contributed by atoms with Crippen LogP contribution in [-0.4, -0.2) is 28.2 Å². The van der Waals surface area contributed by atoms with E-state index in [0.29, 0.717) is 22.5 Å². The highest BCUT2D eigenvalue weighted by atomic mass is 16.6. The minimum atomic E-state index is -0.609. The molecule has 0 aliphatic rings. The Morgan fingerprint density at radius 1 is 1.29 bits per heavy atom. The number of hydrogen-bond acceptors (Lipinski definition) is 5. The number of fused-ring (bicyclic) bond motifs is 1. The van der Waals surface area contributed by atoms with E-state index in [-0.39, 0.29) is 18.0 Å². The fourth-order valence-corrected chi connectivity index (χ4v) is 2.40. The number of benzene rings is 1. The standard InChI is InChI=1S/C18H24N2O4/c1-11(2)16-17(22)20(10-15(21)24-18(3,4)5)14-9-12(23-6)7-8-13(14)19-16/h7-9,11H,10H2,1-6H3. The predicted octanol–water partition coefficient (Wildman–Crippen LogP) is 2.87. The number of carbonyl (C=O) groups is 1. The molecule has 6 heteroatoms. The van der Waals surface area contributed by atoms with Gasteiger partial charge >= 0.3 is 5.97 Å². The first-order valence-electron chi connectivity index (χ1n) is 7.92. The Kier molecular flexibility index (Phi) is 4.96. The summed E-state index contributed by atoms with van der Waals surface area (Å²) in [7, 11) is 1.55. The molecule has 6 nitrogen and oxygen atoms in total. The molecular formula is C18H24N2O4. The van der Waals surface area contributed by atoms with E-state index in [2.05, 4.69) is 4.98 Å². The minimum Gasteiger partial charge on any atom is -0.497 e. The molecule has 0 fully saturated rings. The lowest BCUT2D eigenvalue weighted by Gasteiger charge is -2.20. The monoisotopic (exact) mass is 332 g/mol. The molecule has 130 valence electrons. The van der Waals surface area contributed by atoms with Crippen molar-refractivity contribution in [3.8, 4) is 5.75 Å².